The molecule has 1 N–H and O–H groups in total. The van der Waals surface area contributed by atoms with Gasteiger partial charge in [-0.15, -0.1) is 0 Å². The number of hydrogen-bond donors (Lipinski definition) is 1. The minimum atomic E-state index is -0.0432. The molecule has 0 radical (unpaired) electrons. The first-order valence-corrected chi connectivity index (χ1v) is 6.70. The van der Waals surface area contributed by atoms with E-state index in [1.165, 1.54) is 0 Å². The maximum atomic E-state index is 12.1. The molecule has 0 aliphatic carbocycles. The van der Waals surface area contributed by atoms with E-state index in [9.17, 15) is 4.79 Å². The van der Waals surface area contributed by atoms with Crippen molar-refractivity contribution in [1.82, 2.24) is 5.32 Å². The van der Waals surface area contributed by atoms with Gasteiger partial charge in [0, 0.05) is 19.8 Å². The van der Waals surface area contributed by atoms with Crippen molar-refractivity contribution in [3.63, 3.8) is 0 Å². The summed E-state index contributed by atoms with van der Waals surface area (Å²) in [6, 6.07) is 9.93. The van der Waals surface area contributed by atoms with Crippen LogP contribution in [0, 0.1) is 0 Å². The van der Waals surface area contributed by atoms with E-state index >= 15 is 0 Å². The lowest BCUT2D eigenvalue weighted by atomic mass is 9.96. The molecule has 0 aliphatic rings. The molecule has 3 heteroatoms. The molecule has 0 saturated carbocycles. The van der Waals surface area contributed by atoms with Crippen LogP contribution in [0.25, 0.3) is 0 Å². The minimum absolute atomic E-state index is 0.0432. The summed E-state index contributed by atoms with van der Waals surface area (Å²) in [5.74, 6) is 0.0680. The predicted molar refractivity (Wildman–Crippen MR) is 73.6 cm³/mol. The third-order valence-electron chi connectivity index (χ3n) is 2.90. The van der Waals surface area contributed by atoms with Gasteiger partial charge in [0.15, 0.2) is 0 Å². The average molecular weight is 249 g/mol. The Hall–Kier alpha value is -1.35. The summed E-state index contributed by atoms with van der Waals surface area (Å²) in [6.45, 7) is 6.13. The minimum Gasteiger partial charge on any atom is -0.382 e. The number of nitrogens with one attached hydrogen (secondary N) is 1. The third-order valence-corrected chi connectivity index (χ3v) is 2.90. The van der Waals surface area contributed by atoms with E-state index in [0.29, 0.717) is 13.2 Å². The number of amides is 1. The second-order valence-electron chi connectivity index (χ2n) is 4.21. The van der Waals surface area contributed by atoms with Crippen molar-refractivity contribution in [2.45, 2.75) is 32.6 Å². The largest absolute Gasteiger partial charge is 0.382 e. The number of rotatable bonds is 8. The SMILES string of the molecule is CCOCCCNC(=O)C(CC)c1ccccc1. The van der Waals surface area contributed by atoms with Gasteiger partial charge in [-0.3, -0.25) is 4.79 Å². The molecule has 100 valence electrons. The molecule has 3 nitrogen and oxygen atoms in total. The smallest absolute Gasteiger partial charge is 0.227 e. The van der Waals surface area contributed by atoms with Gasteiger partial charge in [-0.05, 0) is 25.3 Å². The van der Waals surface area contributed by atoms with E-state index in [1.54, 1.807) is 0 Å². The van der Waals surface area contributed by atoms with Crippen molar-refractivity contribution in [3.05, 3.63) is 35.9 Å². The zero-order chi connectivity index (χ0) is 13.2. The Balaban J connectivity index is 2.39. The summed E-state index contributed by atoms with van der Waals surface area (Å²) in [4.78, 5) is 12.1. The maximum Gasteiger partial charge on any atom is 0.227 e. The lowest BCUT2D eigenvalue weighted by molar-refractivity contribution is -0.122. The molecule has 1 atom stereocenters. The van der Waals surface area contributed by atoms with Gasteiger partial charge in [-0.25, -0.2) is 0 Å². The van der Waals surface area contributed by atoms with E-state index in [-0.39, 0.29) is 11.8 Å². The van der Waals surface area contributed by atoms with Crippen LogP contribution in [0.4, 0.5) is 0 Å². The standard InChI is InChI=1S/C15H23NO2/c1-3-14(13-9-6-5-7-10-13)15(17)16-11-8-12-18-4-2/h5-7,9-10,14H,3-4,8,11-12H2,1-2H3,(H,16,17). The van der Waals surface area contributed by atoms with Crippen LogP contribution in [0.3, 0.4) is 0 Å². The second-order valence-corrected chi connectivity index (χ2v) is 4.21. The molecule has 1 rings (SSSR count). The van der Waals surface area contributed by atoms with Crippen LogP contribution in [-0.2, 0) is 9.53 Å². The topological polar surface area (TPSA) is 38.3 Å². The van der Waals surface area contributed by atoms with Crippen LogP contribution in [-0.4, -0.2) is 25.7 Å². The van der Waals surface area contributed by atoms with Crippen molar-refractivity contribution in [1.29, 1.82) is 0 Å². The highest BCUT2D eigenvalue weighted by Crippen LogP contribution is 2.18. The number of ether oxygens (including phenoxy) is 1. The molecule has 0 heterocycles. The van der Waals surface area contributed by atoms with Crippen LogP contribution in [0.5, 0.6) is 0 Å². The molecule has 0 aromatic heterocycles. The lowest BCUT2D eigenvalue weighted by Crippen LogP contribution is -2.30. The highest BCUT2D eigenvalue weighted by atomic mass is 16.5. The molecule has 0 spiro atoms. The molecule has 0 bridgehead atoms. The van der Waals surface area contributed by atoms with Crippen molar-refractivity contribution < 1.29 is 9.53 Å². The van der Waals surface area contributed by atoms with Crippen LogP contribution >= 0.6 is 0 Å². The summed E-state index contributed by atoms with van der Waals surface area (Å²) in [6.07, 6.45) is 1.69. The van der Waals surface area contributed by atoms with Gasteiger partial charge in [0.1, 0.15) is 0 Å². The Labute approximate surface area is 110 Å². The van der Waals surface area contributed by atoms with Gasteiger partial charge in [0.25, 0.3) is 0 Å². The van der Waals surface area contributed by atoms with Gasteiger partial charge in [-0.2, -0.15) is 0 Å². The van der Waals surface area contributed by atoms with Crippen molar-refractivity contribution in [2.24, 2.45) is 0 Å². The maximum absolute atomic E-state index is 12.1. The Morgan fingerprint density at radius 3 is 2.61 bits per heavy atom. The van der Waals surface area contributed by atoms with E-state index in [1.807, 2.05) is 44.2 Å². The molecule has 1 aromatic carbocycles. The zero-order valence-corrected chi connectivity index (χ0v) is 11.3. The molecular formula is C15H23NO2. The lowest BCUT2D eigenvalue weighted by Gasteiger charge is -2.15. The first-order valence-electron chi connectivity index (χ1n) is 6.70. The van der Waals surface area contributed by atoms with Crippen molar-refractivity contribution in [2.75, 3.05) is 19.8 Å². The number of hydrogen-bond acceptors (Lipinski definition) is 2. The quantitative estimate of drug-likeness (QED) is 0.719. The zero-order valence-electron chi connectivity index (χ0n) is 11.3. The van der Waals surface area contributed by atoms with Crippen LogP contribution in [0.15, 0.2) is 30.3 Å². The van der Waals surface area contributed by atoms with E-state index < -0.39 is 0 Å². The molecular weight excluding hydrogens is 226 g/mol. The van der Waals surface area contributed by atoms with Crippen molar-refractivity contribution >= 4 is 5.91 Å². The third kappa shape index (κ3) is 4.88. The summed E-state index contributed by atoms with van der Waals surface area (Å²) in [7, 11) is 0. The first-order chi connectivity index (χ1) is 8.79. The van der Waals surface area contributed by atoms with E-state index in [0.717, 1.165) is 25.0 Å². The van der Waals surface area contributed by atoms with Crippen LogP contribution in [0.1, 0.15) is 38.2 Å². The van der Waals surface area contributed by atoms with E-state index in [4.69, 9.17) is 4.74 Å². The average Bonchev–Trinajstić information content (AvgIpc) is 2.40. The number of carbonyl (C=O) groups is 1. The Kier molecular flexibility index (Phi) is 7.11. The summed E-state index contributed by atoms with van der Waals surface area (Å²) >= 11 is 0. The van der Waals surface area contributed by atoms with Crippen LogP contribution in [0.2, 0.25) is 0 Å². The molecule has 18 heavy (non-hydrogen) atoms. The summed E-state index contributed by atoms with van der Waals surface area (Å²) in [5, 5.41) is 2.97. The number of benzene rings is 1. The second kappa shape index (κ2) is 8.70. The van der Waals surface area contributed by atoms with Crippen LogP contribution < -0.4 is 5.32 Å². The molecule has 0 saturated heterocycles. The van der Waals surface area contributed by atoms with Gasteiger partial charge >= 0.3 is 0 Å². The predicted octanol–water partition coefficient (Wildman–Crippen LogP) is 2.72. The number of carbonyl (C=O) groups excluding carboxylic acids is 1. The summed E-state index contributed by atoms with van der Waals surface area (Å²) in [5.41, 5.74) is 1.09. The van der Waals surface area contributed by atoms with Gasteiger partial charge in [0.2, 0.25) is 5.91 Å². The highest BCUT2D eigenvalue weighted by Gasteiger charge is 2.17. The monoisotopic (exact) mass is 249 g/mol. The van der Waals surface area contributed by atoms with Crippen molar-refractivity contribution in [3.8, 4) is 0 Å². The molecule has 0 fully saturated rings. The van der Waals surface area contributed by atoms with E-state index in [2.05, 4.69) is 5.32 Å². The van der Waals surface area contributed by atoms with Gasteiger partial charge in [0.05, 0.1) is 5.92 Å². The fourth-order valence-electron chi connectivity index (χ4n) is 1.91. The Bertz CT molecular complexity index is 338. The summed E-state index contributed by atoms with van der Waals surface area (Å²) < 4.78 is 5.24. The molecule has 1 unspecified atom stereocenters. The Morgan fingerprint density at radius 2 is 2.00 bits per heavy atom. The van der Waals surface area contributed by atoms with Gasteiger partial charge < -0.3 is 10.1 Å². The van der Waals surface area contributed by atoms with Gasteiger partial charge in [-0.1, -0.05) is 37.3 Å². The fourth-order valence-corrected chi connectivity index (χ4v) is 1.91. The normalized spacial score (nSPS) is 12.1. The first kappa shape index (κ1) is 14.7. The Morgan fingerprint density at radius 1 is 1.28 bits per heavy atom. The highest BCUT2D eigenvalue weighted by molar-refractivity contribution is 5.83. The molecule has 1 aromatic rings. The fraction of sp³-hybridized carbons (Fsp3) is 0.533. The molecule has 1 amide bonds. The molecule has 0 aliphatic heterocycles.